The molecule has 12 nitrogen and oxygen atoms in total. The SMILES string of the molecule is COc1cccc2c1C(=O)c1c(O)c3c(c(O)c1C2=O)C[C@@](O)([C@H](O)CO)C[C@@H]3O[C@H]1CC(N)[C@H](O)[C@H](C)O1. The second-order valence-corrected chi connectivity index (χ2v) is 10.3. The Bertz CT molecular complexity index is 1330. The smallest absolute Gasteiger partial charge is 0.202 e. The van der Waals surface area contributed by atoms with E-state index in [1.165, 1.54) is 25.3 Å². The van der Waals surface area contributed by atoms with Crippen LogP contribution in [0.3, 0.4) is 0 Å². The van der Waals surface area contributed by atoms with Crippen LogP contribution < -0.4 is 10.5 Å². The molecule has 1 aliphatic heterocycles. The molecule has 0 radical (unpaired) electrons. The van der Waals surface area contributed by atoms with Crippen molar-refractivity contribution in [2.24, 2.45) is 5.73 Å². The zero-order chi connectivity index (χ0) is 28.4. The first-order valence-electron chi connectivity index (χ1n) is 12.6. The number of ether oxygens (including phenoxy) is 3. The van der Waals surface area contributed by atoms with Crippen molar-refractivity contribution in [1.82, 2.24) is 0 Å². The van der Waals surface area contributed by atoms with E-state index < -0.39 is 89.6 Å². The van der Waals surface area contributed by atoms with Crippen molar-refractivity contribution in [3.8, 4) is 17.2 Å². The Morgan fingerprint density at radius 3 is 2.49 bits per heavy atom. The summed E-state index contributed by atoms with van der Waals surface area (Å²) >= 11 is 0. The highest BCUT2D eigenvalue weighted by molar-refractivity contribution is 6.31. The van der Waals surface area contributed by atoms with Crippen LogP contribution in [0, 0.1) is 0 Å². The van der Waals surface area contributed by atoms with Gasteiger partial charge in [-0.15, -0.1) is 0 Å². The average molecular weight is 546 g/mol. The highest BCUT2D eigenvalue weighted by Crippen LogP contribution is 2.52. The zero-order valence-electron chi connectivity index (χ0n) is 21.3. The molecule has 0 spiro atoms. The van der Waals surface area contributed by atoms with E-state index in [0.717, 1.165) is 0 Å². The number of carbonyl (C=O) groups excluding carboxylic acids is 2. The number of rotatable bonds is 5. The number of aliphatic hydroxyl groups is 4. The quantitative estimate of drug-likeness (QED) is 0.208. The minimum absolute atomic E-state index is 0.0343. The van der Waals surface area contributed by atoms with Crippen LogP contribution in [-0.4, -0.2) is 92.2 Å². The van der Waals surface area contributed by atoms with Crippen molar-refractivity contribution in [2.75, 3.05) is 13.7 Å². The Hall–Kier alpha value is -3.10. The van der Waals surface area contributed by atoms with Crippen LogP contribution in [0.1, 0.15) is 68.8 Å². The van der Waals surface area contributed by atoms with Crippen molar-refractivity contribution in [1.29, 1.82) is 0 Å². The Kier molecular flexibility index (Phi) is 6.92. The summed E-state index contributed by atoms with van der Waals surface area (Å²) in [6, 6.07) is 3.69. The lowest BCUT2D eigenvalue weighted by Crippen LogP contribution is -2.53. The normalized spacial score (nSPS) is 30.8. The molecule has 39 heavy (non-hydrogen) atoms. The molecule has 12 heteroatoms. The van der Waals surface area contributed by atoms with E-state index in [2.05, 4.69) is 0 Å². The molecule has 0 bridgehead atoms. The Morgan fingerprint density at radius 1 is 1.15 bits per heavy atom. The van der Waals surface area contributed by atoms with Gasteiger partial charge in [-0.1, -0.05) is 12.1 Å². The van der Waals surface area contributed by atoms with Crippen LogP contribution in [0.15, 0.2) is 18.2 Å². The summed E-state index contributed by atoms with van der Waals surface area (Å²) in [4.78, 5) is 27.2. The van der Waals surface area contributed by atoms with Gasteiger partial charge in [0.2, 0.25) is 5.78 Å². The first kappa shape index (κ1) is 27.5. The van der Waals surface area contributed by atoms with Crippen LogP contribution in [-0.2, 0) is 15.9 Å². The lowest BCUT2D eigenvalue weighted by Gasteiger charge is -2.44. The van der Waals surface area contributed by atoms with E-state index in [9.17, 15) is 40.2 Å². The first-order valence-corrected chi connectivity index (χ1v) is 12.6. The second-order valence-electron chi connectivity index (χ2n) is 10.3. The molecule has 5 rings (SSSR count). The van der Waals surface area contributed by atoms with Gasteiger partial charge < -0.3 is 50.6 Å². The molecular formula is C27H31NO11. The third-order valence-electron chi connectivity index (χ3n) is 7.97. The molecule has 3 aliphatic rings. The molecule has 1 heterocycles. The number of hydrogen-bond acceptors (Lipinski definition) is 12. The topological polar surface area (TPSA) is 209 Å². The Morgan fingerprint density at radius 2 is 1.85 bits per heavy atom. The number of ketones is 2. The second kappa shape index (κ2) is 9.82. The van der Waals surface area contributed by atoms with E-state index >= 15 is 0 Å². The van der Waals surface area contributed by atoms with Crippen molar-refractivity contribution < 1.29 is 54.4 Å². The van der Waals surface area contributed by atoms with Crippen molar-refractivity contribution in [3.63, 3.8) is 0 Å². The van der Waals surface area contributed by atoms with E-state index in [-0.39, 0.29) is 40.8 Å². The number of carbonyl (C=O) groups is 2. The van der Waals surface area contributed by atoms with Gasteiger partial charge in [-0.05, 0) is 13.0 Å². The van der Waals surface area contributed by atoms with Crippen molar-refractivity contribution >= 4 is 11.6 Å². The molecular weight excluding hydrogens is 514 g/mol. The fourth-order valence-electron chi connectivity index (χ4n) is 5.84. The third kappa shape index (κ3) is 4.19. The van der Waals surface area contributed by atoms with Gasteiger partial charge in [0.05, 0.1) is 54.3 Å². The first-order chi connectivity index (χ1) is 18.4. The average Bonchev–Trinajstić information content (AvgIpc) is 2.90. The van der Waals surface area contributed by atoms with Gasteiger partial charge in [0.1, 0.15) is 23.4 Å². The minimum Gasteiger partial charge on any atom is -0.507 e. The lowest BCUT2D eigenvalue weighted by molar-refractivity contribution is -0.251. The van der Waals surface area contributed by atoms with Gasteiger partial charge in [0.25, 0.3) is 0 Å². The molecule has 1 saturated heterocycles. The minimum atomic E-state index is -2.05. The molecule has 210 valence electrons. The molecule has 1 unspecified atom stereocenters. The van der Waals surface area contributed by atoms with Crippen LogP contribution in [0.25, 0.3) is 0 Å². The summed E-state index contributed by atoms with van der Waals surface area (Å²) < 4.78 is 17.1. The molecule has 1 fully saturated rings. The van der Waals surface area contributed by atoms with Crippen LogP contribution in [0.2, 0.25) is 0 Å². The number of methoxy groups -OCH3 is 1. The van der Waals surface area contributed by atoms with Crippen molar-refractivity contribution in [2.45, 2.75) is 68.5 Å². The molecule has 7 atom stereocenters. The van der Waals surface area contributed by atoms with Crippen molar-refractivity contribution in [3.05, 3.63) is 51.6 Å². The van der Waals surface area contributed by atoms with Gasteiger partial charge in [-0.25, -0.2) is 0 Å². The lowest BCUT2D eigenvalue weighted by atomic mass is 9.71. The number of benzene rings is 2. The summed E-state index contributed by atoms with van der Waals surface area (Å²) in [7, 11) is 1.33. The number of aliphatic hydroxyl groups excluding tert-OH is 3. The molecule has 2 aromatic rings. The summed E-state index contributed by atoms with van der Waals surface area (Å²) in [5.41, 5.74) is 2.77. The Labute approximate surface area is 223 Å². The number of fused-ring (bicyclic) bond motifs is 3. The fourth-order valence-corrected chi connectivity index (χ4v) is 5.84. The van der Waals surface area contributed by atoms with E-state index in [0.29, 0.717) is 0 Å². The highest BCUT2D eigenvalue weighted by atomic mass is 16.7. The van der Waals surface area contributed by atoms with Crippen LogP contribution in [0.4, 0.5) is 0 Å². The van der Waals surface area contributed by atoms with E-state index in [1.54, 1.807) is 6.92 Å². The Balaban J connectivity index is 1.68. The summed E-state index contributed by atoms with van der Waals surface area (Å²) in [6.45, 7) is 0.768. The predicted octanol–water partition coefficient (Wildman–Crippen LogP) is -0.207. The predicted molar refractivity (Wildman–Crippen MR) is 133 cm³/mol. The molecule has 0 amide bonds. The largest absolute Gasteiger partial charge is 0.507 e. The van der Waals surface area contributed by atoms with Gasteiger partial charge >= 0.3 is 0 Å². The van der Waals surface area contributed by atoms with Crippen LogP contribution in [0.5, 0.6) is 17.2 Å². The summed E-state index contributed by atoms with van der Waals surface area (Å²) in [5.74, 6) is -2.68. The van der Waals surface area contributed by atoms with E-state index in [4.69, 9.17) is 19.9 Å². The zero-order valence-corrected chi connectivity index (χ0v) is 21.3. The monoisotopic (exact) mass is 545 g/mol. The maximum absolute atomic E-state index is 13.7. The van der Waals surface area contributed by atoms with Gasteiger partial charge in [0, 0.05) is 42.0 Å². The maximum atomic E-state index is 13.7. The molecule has 8 N–H and O–H groups in total. The molecule has 2 aromatic carbocycles. The molecule has 2 aliphatic carbocycles. The van der Waals surface area contributed by atoms with Crippen LogP contribution >= 0.6 is 0 Å². The highest BCUT2D eigenvalue weighted by Gasteiger charge is 2.50. The number of hydrogen-bond donors (Lipinski definition) is 7. The van der Waals surface area contributed by atoms with E-state index in [1.807, 2.05) is 0 Å². The van der Waals surface area contributed by atoms with Gasteiger partial charge in [-0.3, -0.25) is 9.59 Å². The number of nitrogens with two attached hydrogens (primary N) is 1. The maximum Gasteiger partial charge on any atom is 0.202 e. The van der Waals surface area contributed by atoms with Gasteiger partial charge in [0.15, 0.2) is 12.1 Å². The number of aromatic hydroxyl groups is 2. The summed E-state index contributed by atoms with van der Waals surface area (Å²) in [5, 5.41) is 64.4. The fraction of sp³-hybridized carbons (Fsp3) is 0.481. The summed E-state index contributed by atoms with van der Waals surface area (Å²) in [6.07, 6.45) is -6.45. The number of phenols is 2. The molecule has 0 saturated carbocycles. The standard InChI is InChI=1S/C27H31NO11/c1-10-22(31)13(28)6-17(38-10)39-15-8-27(36,16(30)9-29)7-12-19(15)26(35)21-20(24(12)33)23(32)11-4-3-5-14(37-2)18(11)25(21)34/h3-5,10,13,15-17,22,29-31,33,35-36H,6-9,28H2,1-2H3/t10-,13?,15-,16+,17-,22+,27-/m0/s1. The number of phenolic OH excluding ortho intramolecular Hbond substituents is 2. The molecule has 0 aromatic heterocycles. The van der Waals surface area contributed by atoms with Gasteiger partial charge in [-0.2, -0.15) is 0 Å². The third-order valence-corrected chi connectivity index (χ3v) is 7.97.